The molecule has 1 heterocycles. The molecule has 2 aromatic rings. The van der Waals surface area contributed by atoms with Crippen LogP contribution >= 0.6 is 0 Å². The number of hydrazine groups is 1. The van der Waals surface area contributed by atoms with Crippen molar-refractivity contribution in [3.05, 3.63) is 65.2 Å². The maximum atomic E-state index is 13.9. The smallest absolute Gasteiger partial charge is 0.131 e. The molecule has 104 valence electrons. The minimum absolute atomic E-state index is 0.298. The Morgan fingerprint density at radius 1 is 1.20 bits per heavy atom. The van der Waals surface area contributed by atoms with Crippen LogP contribution in [0.15, 0.2) is 42.5 Å². The molecule has 0 aromatic heterocycles. The molecule has 3 N–H and O–H groups in total. The first-order valence-electron chi connectivity index (χ1n) is 6.34. The van der Waals surface area contributed by atoms with Crippen molar-refractivity contribution < 1.29 is 13.5 Å². The van der Waals surface area contributed by atoms with Crippen molar-refractivity contribution in [1.29, 1.82) is 0 Å². The second-order valence-electron chi connectivity index (χ2n) is 4.78. The molecule has 0 radical (unpaired) electrons. The highest BCUT2D eigenvalue weighted by molar-refractivity contribution is 5.38. The first kappa shape index (κ1) is 13.0. The van der Waals surface area contributed by atoms with Gasteiger partial charge < -0.3 is 4.74 Å². The van der Waals surface area contributed by atoms with Gasteiger partial charge in [0.25, 0.3) is 0 Å². The zero-order chi connectivity index (χ0) is 14.1. The molecule has 0 aliphatic carbocycles. The first-order valence-corrected chi connectivity index (χ1v) is 6.34. The van der Waals surface area contributed by atoms with E-state index in [9.17, 15) is 8.78 Å². The van der Waals surface area contributed by atoms with Crippen molar-refractivity contribution in [2.24, 2.45) is 5.84 Å². The second-order valence-corrected chi connectivity index (χ2v) is 4.78. The highest BCUT2D eigenvalue weighted by atomic mass is 19.1. The maximum absolute atomic E-state index is 13.9. The Hall–Kier alpha value is -1.98. The minimum atomic E-state index is -0.632. The molecule has 0 spiro atoms. The van der Waals surface area contributed by atoms with Crippen LogP contribution in [-0.2, 0) is 6.42 Å². The van der Waals surface area contributed by atoms with Gasteiger partial charge in [-0.25, -0.2) is 14.2 Å². The Kier molecular flexibility index (Phi) is 3.38. The van der Waals surface area contributed by atoms with Gasteiger partial charge in [0.1, 0.15) is 23.5 Å². The van der Waals surface area contributed by atoms with Gasteiger partial charge >= 0.3 is 0 Å². The van der Waals surface area contributed by atoms with Gasteiger partial charge in [0.15, 0.2) is 0 Å². The highest BCUT2D eigenvalue weighted by Gasteiger charge is 2.32. The van der Waals surface area contributed by atoms with Crippen molar-refractivity contribution in [2.45, 2.75) is 18.6 Å². The summed E-state index contributed by atoms with van der Waals surface area (Å²) in [5.74, 6) is 5.07. The SMILES string of the molecule is NNC(c1ccc(F)cc1F)C1Cc2ccccc2O1. The Morgan fingerprint density at radius 2 is 2.00 bits per heavy atom. The number of halogens is 2. The van der Waals surface area contributed by atoms with E-state index < -0.39 is 17.7 Å². The molecule has 5 heteroatoms. The van der Waals surface area contributed by atoms with Crippen LogP contribution in [0, 0.1) is 11.6 Å². The van der Waals surface area contributed by atoms with Crippen LogP contribution in [-0.4, -0.2) is 6.10 Å². The van der Waals surface area contributed by atoms with Gasteiger partial charge in [0, 0.05) is 18.1 Å². The number of rotatable bonds is 3. The quantitative estimate of drug-likeness (QED) is 0.669. The average molecular weight is 276 g/mol. The summed E-state index contributed by atoms with van der Waals surface area (Å²) in [5.41, 5.74) is 3.92. The van der Waals surface area contributed by atoms with E-state index in [0.717, 1.165) is 17.4 Å². The third kappa shape index (κ3) is 2.26. The zero-order valence-electron chi connectivity index (χ0n) is 10.6. The van der Waals surface area contributed by atoms with Crippen LogP contribution in [0.3, 0.4) is 0 Å². The number of nitrogens with two attached hydrogens (primary N) is 1. The van der Waals surface area contributed by atoms with Gasteiger partial charge in [-0.15, -0.1) is 0 Å². The summed E-state index contributed by atoms with van der Waals surface area (Å²) in [6, 6.07) is 10.5. The lowest BCUT2D eigenvalue weighted by Gasteiger charge is -2.23. The number of fused-ring (bicyclic) bond motifs is 1. The molecule has 0 bridgehead atoms. The van der Waals surface area contributed by atoms with E-state index in [1.54, 1.807) is 0 Å². The van der Waals surface area contributed by atoms with E-state index >= 15 is 0 Å². The fraction of sp³-hybridized carbons (Fsp3) is 0.200. The van der Waals surface area contributed by atoms with E-state index in [1.807, 2.05) is 24.3 Å². The summed E-state index contributed by atoms with van der Waals surface area (Å²) in [4.78, 5) is 0. The predicted molar refractivity (Wildman–Crippen MR) is 71.0 cm³/mol. The number of nitrogens with one attached hydrogen (secondary N) is 1. The summed E-state index contributed by atoms with van der Waals surface area (Å²) in [6.07, 6.45) is 0.305. The molecule has 0 amide bonds. The third-order valence-electron chi connectivity index (χ3n) is 3.52. The van der Waals surface area contributed by atoms with Crippen LogP contribution in [0.4, 0.5) is 8.78 Å². The van der Waals surface area contributed by atoms with Gasteiger partial charge in [-0.1, -0.05) is 24.3 Å². The van der Waals surface area contributed by atoms with Gasteiger partial charge in [0.05, 0.1) is 6.04 Å². The molecule has 3 rings (SSSR count). The molecular formula is C15H14F2N2O. The van der Waals surface area contributed by atoms with Crippen LogP contribution in [0.25, 0.3) is 0 Å². The number of hydrogen-bond acceptors (Lipinski definition) is 3. The molecule has 0 saturated heterocycles. The van der Waals surface area contributed by atoms with Crippen molar-refractivity contribution in [1.82, 2.24) is 5.43 Å². The summed E-state index contributed by atoms with van der Waals surface area (Å²) in [7, 11) is 0. The standard InChI is InChI=1S/C15H14F2N2O/c16-10-5-6-11(12(17)8-10)15(19-18)14-7-9-3-1-2-4-13(9)20-14/h1-6,8,14-15,19H,7,18H2. The van der Waals surface area contributed by atoms with Crippen molar-refractivity contribution in [2.75, 3.05) is 0 Å². The van der Waals surface area contributed by atoms with Gasteiger partial charge in [-0.3, -0.25) is 5.84 Å². The van der Waals surface area contributed by atoms with Crippen molar-refractivity contribution >= 4 is 0 Å². The molecule has 1 aliphatic heterocycles. The lowest BCUT2D eigenvalue weighted by molar-refractivity contribution is 0.176. The lowest BCUT2D eigenvalue weighted by atomic mass is 9.98. The van der Waals surface area contributed by atoms with E-state index in [-0.39, 0.29) is 6.10 Å². The van der Waals surface area contributed by atoms with E-state index in [4.69, 9.17) is 10.6 Å². The third-order valence-corrected chi connectivity index (χ3v) is 3.52. The zero-order valence-corrected chi connectivity index (χ0v) is 10.6. The Morgan fingerprint density at radius 3 is 2.70 bits per heavy atom. The number of benzene rings is 2. The van der Waals surface area contributed by atoms with Gasteiger partial charge in [-0.2, -0.15) is 0 Å². The lowest BCUT2D eigenvalue weighted by Crippen LogP contribution is -2.39. The molecular weight excluding hydrogens is 262 g/mol. The van der Waals surface area contributed by atoms with E-state index in [2.05, 4.69) is 5.43 Å². The molecule has 1 aliphatic rings. The van der Waals surface area contributed by atoms with Crippen LogP contribution in [0.5, 0.6) is 5.75 Å². The summed E-state index contributed by atoms with van der Waals surface area (Å²) < 4.78 is 32.7. The van der Waals surface area contributed by atoms with Crippen LogP contribution in [0.1, 0.15) is 17.2 Å². The Bertz CT molecular complexity index is 608. The molecule has 3 nitrogen and oxygen atoms in total. The maximum Gasteiger partial charge on any atom is 0.131 e. The topological polar surface area (TPSA) is 47.3 Å². The largest absolute Gasteiger partial charge is 0.488 e. The molecule has 0 saturated carbocycles. The van der Waals surface area contributed by atoms with E-state index in [0.29, 0.717) is 12.0 Å². The minimum Gasteiger partial charge on any atom is -0.488 e. The molecule has 20 heavy (non-hydrogen) atoms. The normalized spacial score (nSPS) is 18.4. The second kappa shape index (κ2) is 5.19. The summed E-state index contributed by atoms with van der Waals surface area (Å²) >= 11 is 0. The van der Waals surface area contributed by atoms with E-state index in [1.165, 1.54) is 12.1 Å². The van der Waals surface area contributed by atoms with Crippen molar-refractivity contribution in [3.8, 4) is 5.75 Å². The number of hydrogen-bond donors (Lipinski definition) is 2. The summed E-state index contributed by atoms with van der Waals surface area (Å²) in [5, 5.41) is 0. The van der Waals surface area contributed by atoms with Crippen molar-refractivity contribution in [3.63, 3.8) is 0 Å². The molecule has 2 atom stereocenters. The Labute approximate surface area is 115 Å². The van der Waals surface area contributed by atoms with Crippen LogP contribution < -0.4 is 16.0 Å². The predicted octanol–water partition coefficient (Wildman–Crippen LogP) is 2.47. The van der Waals surface area contributed by atoms with Gasteiger partial charge in [-0.05, 0) is 17.7 Å². The monoisotopic (exact) mass is 276 g/mol. The molecule has 2 unspecified atom stereocenters. The number of ether oxygens (including phenoxy) is 1. The Balaban J connectivity index is 1.89. The fourth-order valence-electron chi connectivity index (χ4n) is 2.55. The van der Waals surface area contributed by atoms with Crippen LogP contribution in [0.2, 0.25) is 0 Å². The average Bonchev–Trinajstić information content (AvgIpc) is 2.85. The summed E-state index contributed by atoms with van der Waals surface area (Å²) in [6.45, 7) is 0. The number of para-hydroxylation sites is 1. The first-order chi connectivity index (χ1) is 9.69. The van der Waals surface area contributed by atoms with Gasteiger partial charge in [0.2, 0.25) is 0 Å². The molecule has 2 aromatic carbocycles. The highest BCUT2D eigenvalue weighted by Crippen LogP contribution is 2.34. The molecule has 0 fully saturated rings. The fourth-order valence-corrected chi connectivity index (χ4v) is 2.55.